The van der Waals surface area contributed by atoms with Crippen LogP contribution in [0.5, 0.6) is 0 Å². The van der Waals surface area contributed by atoms with Crippen molar-refractivity contribution in [3.8, 4) is 0 Å². The average Bonchev–Trinajstić information content (AvgIpc) is 2.21. The Morgan fingerprint density at radius 3 is 1.69 bits per heavy atom. The highest BCUT2D eigenvalue weighted by Gasteiger charge is 2.02. The van der Waals surface area contributed by atoms with Gasteiger partial charge >= 0.3 is 0 Å². The Kier molecular flexibility index (Phi) is 15.5. The zero-order valence-corrected chi connectivity index (χ0v) is 12.6. The van der Waals surface area contributed by atoms with Crippen LogP contribution in [-0.4, -0.2) is 25.0 Å². The quantitative estimate of drug-likeness (QED) is 0.499. The van der Waals surface area contributed by atoms with Gasteiger partial charge in [0.2, 0.25) is 0 Å². The fraction of sp³-hybridized carbons (Fsp3) is 1.00. The van der Waals surface area contributed by atoms with E-state index in [1.807, 2.05) is 0 Å². The Labute approximate surface area is 109 Å². The first-order valence-electron chi connectivity index (χ1n) is 6.85. The van der Waals surface area contributed by atoms with Crippen LogP contribution in [0.2, 0.25) is 0 Å². The summed E-state index contributed by atoms with van der Waals surface area (Å²) in [6.45, 7) is 4.60. The van der Waals surface area contributed by atoms with E-state index in [1.165, 1.54) is 57.8 Å². The molecule has 0 aliphatic carbocycles. The van der Waals surface area contributed by atoms with E-state index < -0.39 is 0 Å². The largest absolute Gasteiger partial charge is 0.307 e. The van der Waals surface area contributed by atoms with Crippen LogP contribution in [0.3, 0.4) is 0 Å². The molecule has 0 bridgehead atoms. The van der Waals surface area contributed by atoms with Gasteiger partial charge in [-0.2, -0.15) is 0 Å². The van der Waals surface area contributed by atoms with Gasteiger partial charge in [0.25, 0.3) is 0 Å². The lowest BCUT2D eigenvalue weighted by molar-refractivity contribution is 0.291. The van der Waals surface area contributed by atoms with Crippen molar-refractivity contribution in [1.82, 2.24) is 4.90 Å². The molecule has 0 fully saturated rings. The molecule has 0 aromatic heterocycles. The van der Waals surface area contributed by atoms with Crippen LogP contribution in [0.4, 0.5) is 0 Å². The van der Waals surface area contributed by atoms with E-state index in [1.54, 1.807) is 0 Å². The molecule has 0 saturated heterocycles. The third kappa shape index (κ3) is 12.3. The van der Waals surface area contributed by atoms with Crippen LogP contribution in [0.25, 0.3) is 0 Å². The van der Waals surface area contributed by atoms with Crippen LogP contribution in [0.15, 0.2) is 0 Å². The Balaban J connectivity index is 0. The molecule has 0 radical (unpaired) electrons. The number of nitrogens with zero attached hydrogens (tertiary/aromatic N) is 1. The molecule has 0 saturated carbocycles. The third-order valence-electron chi connectivity index (χ3n) is 3.36. The highest BCUT2D eigenvalue weighted by atomic mass is 35.5. The molecule has 1 atom stereocenters. The molecule has 1 unspecified atom stereocenters. The van der Waals surface area contributed by atoms with Crippen molar-refractivity contribution < 1.29 is 0 Å². The minimum absolute atomic E-state index is 0. The number of rotatable bonds is 10. The highest BCUT2D eigenvalue weighted by molar-refractivity contribution is 5.85. The summed E-state index contributed by atoms with van der Waals surface area (Å²) in [7, 11) is 4.35. The lowest BCUT2D eigenvalue weighted by atomic mass is 10.1. The average molecular weight is 250 g/mol. The first-order valence-corrected chi connectivity index (χ1v) is 6.85. The molecule has 0 heterocycles. The summed E-state index contributed by atoms with van der Waals surface area (Å²) < 4.78 is 0. The lowest BCUT2D eigenvalue weighted by Gasteiger charge is -2.19. The van der Waals surface area contributed by atoms with Gasteiger partial charge in [-0.25, -0.2) is 0 Å². The van der Waals surface area contributed by atoms with Gasteiger partial charge in [0.15, 0.2) is 0 Å². The molecule has 0 aromatic rings. The van der Waals surface area contributed by atoms with Crippen molar-refractivity contribution in [2.75, 3.05) is 14.1 Å². The minimum atomic E-state index is 0. The summed E-state index contributed by atoms with van der Waals surface area (Å²) in [5.41, 5.74) is 0. The molecule has 0 rings (SSSR count). The van der Waals surface area contributed by atoms with Gasteiger partial charge in [0.05, 0.1) is 0 Å². The molecule has 16 heavy (non-hydrogen) atoms. The molecule has 0 N–H and O–H groups in total. The van der Waals surface area contributed by atoms with Gasteiger partial charge < -0.3 is 4.90 Å². The molecule has 100 valence electrons. The maximum Gasteiger partial charge on any atom is 0.00608 e. The van der Waals surface area contributed by atoms with E-state index in [-0.39, 0.29) is 12.4 Å². The van der Waals surface area contributed by atoms with Crippen LogP contribution in [0, 0.1) is 0 Å². The minimum Gasteiger partial charge on any atom is -0.307 e. The normalized spacial score (nSPS) is 12.6. The summed E-state index contributed by atoms with van der Waals surface area (Å²) >= 11 is 0. The van der Waals surface area contributed by atoms with Crippen LogP contribution < -0.4 is 0 Å². The van der Waals surface area contributed by atoms with Crippen molar-refractivity contribution in [3.05, 3.63) is 0 Å². The zero-order chi connectivity index (χ0) is 11.5. The smallest absolute Gasteiger partial charge is 0.00608 e. The number of hydrogen-bond acceptors (Lipinski definition) is 1. The van der Waals surface area contributed by atoms with E-state index in [4.69, 9.17) is 0 Å². The maximum absolute atomic E-state index is 2.32. The molecule has 2 heteroatoms. The summed E-state index contributed by atoms with van der Waals surface area (Å²) in [5.74, 6) is 0. The van der Waals surface area contributed by atoms with Crippen molar-refractivity contribution in [1.29, 1.82) is 0 Å². The van der Waals surface area contributed by atoms with Crippen LogP contribution >= 0.6 is 12.4 Å². The molecule has 0 aliphatic rings. The van der Waals surface area contributed by atoms with Crippen LogP contribution in [0.1, 0.15) is 71.6 Å². The number of unbranched alkanes of at least 4 members (excludes halogenated alkanes) is 7. The third-order valence-corrected chi connectivity index (χ3v) is 3.36. The summed E-state index contributed by atoms with van der Waals surface area (Å²) in [4.78, 5) is 2.32. The van der Waals surface area contributed by atoms with E-state index in [9.17, 15) is 0 Å². The molecular formula is C14H32ClN. The predicted octanol–water partition coefficient (Wildman–Crippen LogP) is 4.89. The highest BCUT2D eigenvalue weighted by Crippen LogP contribution is 2.11. The van der Waals surface area contributed by atoms with Crippen molar-refractivity contribution >= 4 is 12.4 Å². The van der Waals surface area contributed by atoms with Gasteiger partial charge in [-0.15, -0.1) is 12.4 Å². The van der Waals surface area contributed by atoms with Gasteiger partial charge in [0.1, 0.15) is 0 Å². The fourth-order valence-corrected chi connectivity index (χ4v) is 1.83. The zero-order valence-electron chi connectivity index (χ0n) is 11.8. The second-order valence-corrected chi connectivity index (χ2v) is 5.08. The fourth-order valence-electron chi connectivity index (χ4n) is 1.83. The maximum atomic E-state index is 2.32. The SMILES string of the molecule is CCCCCCCCCCC(C)N(C)C.Cl. The molecular weight excluding hydrogens is 218 g/mol. The molecule has 0 aromatic carbocycles. The number of halogens is 1. The van der Waals surface area contributed by atoms with Gasteiger partial charge in [-0.1, -0.05) is 58.3 Å². The summed E-state index contributed by atoms with van der Waals surface area (Å²) in [5, 5.41) is 0. The van der Waals surface area contributed by atoms with E-state index in [2.05, 4.69) is 32.8 Å². The molecule has 0 aliphatic heterocycles. The van der Waals surface area contributed by atoms with Crippen molar-refractivity contribution in [2.45, 2.75) is 77.7 Å². The topological polar surface area (TPSA) is 3.24 Å². The monoisotopic (exact) mass is 249 g/mol. The van der Waals surface area contributed by atoms with Gasteiger partial charge in [-0.3, -0.25) is 0 Å². The second kappa shape index (κ2) is 13.3. The standard InChI is InChI=1S/C14H31N.ClH/c1-5-6-7-8-9-10-11-12-13-14(2)15(3)4;/h14H,5-13H2,1-4H3;1H. The molecule has 1 nitrogen and oxygen atoms in total. The summed E-state index contributed by atoms with van der Waals surface area (Å²) in [6.07, 6.45) is 12.8. The number of hydrogen-bond donors (Lipinski definition) is 0. The molecule has 0 amide bonds. The van der Waals surface area contributed by atoms with E-state index in [0.29, 0.717) is 0 Å². The van der Waals surface area contributed by atoms with Crippen molar-refractivity contribution in [3.63, 3.8) is 0 Å². The first kappa shape index (κ1) is 18.6. The van der Waals surface area contributed by atoms with Crippen molar-refractivity contribution in [2.24, 2.45) is 0 Å². The summed E-state index contributed by atoms with van der Waals surface area (Å²) in [6, 6.07) is 0.755. The Hall–Kier alpha value is 0.250. The van der Waals surface area contributed by atoms with Gasteiger partial charge in [0, 0.05) is 6.04 Å². The Morgan fingerprint density at radius 2 is 1.25 bits per heavy atom. The first-order chi connectivity index (χ1) is 7.18. The molecule has 0 spiro atoms. The van der Waals surface area contributed by atoms with Crippen LogP contribution in [-0.2, 0) is 0 Å². The van der Waals surface area contributed by atoms with Gasteiger partial charge in [-0.05, 0) is 27.4 Å². The Morgan fingerprint density at radius 1 is 0.812 bits per heavy atom. The predicted molar refractivity (Wildman–Crippen MR) is 77.6 cm³/mol. The van der Waals surface area contributed by atoms with E-state index in [0.717, 1.165) is 6.04 Å². The second-order valence-electron chi connectivity index (χ2n) is 5.08. The lowest BCUT2D eigenvalue weighted by Crippen LogP contribution is -2.24. The Bertz CT molecular complexity index is 126. The van der Waals surface area contributed by atoms with E-state index >= 15 is 0 Å².